The summed E-state index contributed by atoms with van der Waals surface area (Å²) >= 11 is 3.35. The molecule has 1 atom stereocenters. The first-order valence-electron chi connectivity index (χ1n) is 4.73. The number of anilines is 1. The molecule has 2 N–H and O–H groups in total. The fraction of sp³-hybridized carbons (Fsp3) is 0.455. The highest BCUT2D eigenvalue weighted by Crippen LogP contribution is 2.23. The van der Waals surface area contributed by atoms with Gasteiger partial charge in [-0.1, -0.05) is 22.0 Å². The van der Waals surface area contributed by atoms with Gasteiger partial charge in [-0.2, -0.15) is 0 Å². The largest absolute Gasteiger partial charge is 0.398 e. The molecule has 0 heterocycles. The van der Waals surface area contributed by atoms with Gasteiger partial charge in [-0.25, -0.2) is 0 Å². The zero-order valence-corrected chi connectivity index (χ0v) is 11.6. The van der Waals surface area contributed by atoms with E-state index in [1.165, 1.54) is 0 Å². The summed E-state index contributed by atoms with van der Waals surface area (Å²) in [5.41, 5.74) is 7.50. The van der Waals surface area contributed by atoms with Gasteiger partial charge in [-0.15, -0.1) is 0 Å². The molecule has 0 radical (unpaired) electrons. The molecule has 0 aromatic heterocycles. The Labute approximate surface area is 102 Å². The summed E-state index contributed by atoms with van der Waals surface area (Å²) in [6.45, 7) is 5.91. The highest BCUT2D eigenvalue weighted by molar-refractivity contribution is 9.10. The first kappa shape index (κ1) is 12.7. The van der Waals surface area contributed by atoms with E-state index in [1.807, 2.05) is 39.0 Å². The van der Waals surface area contributed by atoms with Crippen molar-refractivity contribution in [1.82, 2.24) is 0 Å². The summed E-state index contributed by atoms with van der Waals surface area (Å²) < 4.78 is 12.7. The molecule has 0 spiro atoms. The zero-order valence-electron chi connectivity index (χ0n) is 9.21. The van der Waals surface area contributed by atoms with Crippen molar-refractivity contribution in [2.75, 3.05) is 5.73 Å². The third kappa shape index (κ3) is 3.61. The number of halogens is 1. The van der Waals surface area contributed by atoms with Gasteiger partial charge in [0.15, 0.2) is 0 Å². The lowest BCUT2D eigenvalue weighted by molar-refractivity contribution is 0.648. The van der Waals surface area contributed by atoms with E-state index in [0.29, 0.717) is 11.4 Å². The highest BCUT2D eigenvalue weighted by Gasteiger charge is 2.20. The van der Waals surface area contributed by atoms with Crippen LogP contribution in [0.1, 0.15) is 26.3 Å². The van der Waals surface area contributed by atoms with E-state index in [4.69, 9.17) is 5.73 Å². The van der Waals surface area contributed by atoms with Gasteiger partial charge in [0.25, 0.3) is 0 Å². The van der Waals surface area contributed by atoms with Gasteiger partial charge in [-0.3, -0.25) is 4.21 Å². The minimum atomic E-state index is -0.901. The lowest BCUT2D eigenvalue weighted by Crippen LogP contribution is -2.23. The van der Waals surface area contributed by atoms with Crippen molar-refractivity contribution in [1.29, 1.82) is 0 Å². The Balaban J connectivity index is 2.87. The smallest absolute Gasteiger partial charge is 0.0511 e. The van der Waals surface area contributed by atoms with Crippen molar-refractivity contribution in [3.63, 3.8) is 0 Å². The Kier molecular flexibility index (Phi) is 3.95. The monoisotopic (exact) mass is 289 g/mol. The Hall–Kier alpha value is -0.350. The fourth-order valence-corrected chi connectivity index (χ4v) is 2.41. The summed E-state index contributed by atoms with van der Waals surface area (Å²) in [6, 6.07) is 5.68. The van der Waals surface area contributed by atoms with Crippen molar-refractivity contribution in [3.05, 3.63) is 28.2 Å². The van der Waals surface area contributed by atoms with E-state index in [9.17, 15) is 4.21 Å². The van der Waals surface area contributed by atoms with E-state index in [-0.39, 0.29) is 4.75 Å². The number of nitrogen functional groups attached to an aromatic ring is 1. The van der Waals surface area contributed by atoms with E-state index in [2.05, 4.69) is 15.9 Å². The molecular weight excluding hydrogens is 274 g/mol. The van der Waals surface area contributed by atoms with Crippen LogP contribution in [0.2, 0.25) is 0 Å². The van der Waals surface area contributed by atoms with Crippen LogP contribution in [-0.4, -0.2) is 8.96 Å². The summed E-state index contributed by atoms with van der Waals surface area (Å²) in [6.07, 6.45) is 0. The molecule has 1 aromatic rings. The van der Waals surface area contributed by atoms with Gasteiger partial charge in [-0.05, 0) is 38.5 Å². The Morgan fingerprint density at radius 1 is 1.40 bits per heavy atom. The summed E-state index contributed by atoms with van der Waals surface area (Å²) in [7, 11) is -0.901. The normalized spacial score (nSPS) is 13.9. The second-order valence-electron chi connectivity index (χ2n) is 4.45. The second kappa shape index (κ2) is 4.66. The molecule has 15 heavy (non-hydrogen) atoms. The minimum absolute atomic E-state index is 0.195. The van der Waals surface area contributed by atoms with E-state index < -0.39 is 10.8 Å². The standard InChI is InChI=1S/C11H16BrNOS/c1-11(2,3)15(14)7-8-4-5-9(12)6-10(8)13/h4-6H,7,13H2,1-3H3. The van der Waals surface area contributed by atoms with Crippen molar-refractivity contribution in [2.45, 2.75) is 31.3 Å². The van der Waals surface area contributed by atoms with E-state index in [0.717, 1.165) is 10.0 Å². The van der Waals surface area contributed by atoms with Gasteiger partial charge < -0.3 is 5.73 Å². The van der Waals surface area contributed by atoms with Gasteiger partial charge in [0.05, 0.1) is 5.75 Å². The number of nitrogens with two attached hydrogens (primary N) is 1. The Morgan fingerprint density at radius 3 is 2.47 bits per heavy atom. The number of hydrogen-bond donors (Lipinski definition) is 1. The van der Waals surface area contributed by atoms with Crippen molar-refractivity contribution in [3.8, 4) is 0 Å². The van der Waals surface area contributed by atoms with Crippen LogP contribution in [0.15, 0.2) is 22.7 Å². The molecule has 0 fully saturated rings. The fourth-order valence-electron chi connectivity index (χ4n) is 1.05. The third-order valence-electron chi connectivity index (χ3n) is 2.08. The SMILES string of the molecule is CC(C)(C)S(=O)Cc1ccc(Br)cc1N. The van der Waals surface area contributed by atoms with Gasteiger partial charge in [0.1, 0.15) is 0 Å². The molecule has 1 unspecified atom stereocenters. The van der Waals surface area contributed by atoms with E-state index in [1.54, 1.807) is 0 Å². The van der Waals surface area contributed by atoms with Crippen molar-refractivity contribution >= 4 is 32.4 Å². The van der Waals surface area contributed by atoms with Gasteiger partial charge in [0, 0.05) is 25.7 Å². The highest BCUT2D eigenvalue weighted by atomic mass is 79.9. The van der Waals surface area contributed by atoms with Crippen LogP contribution in [0.3, 0.4) is 0 Å². The van der Waals surface area contributed by atoms with Crippen LogP contribution < -0.4 is 5.73 Å². The lowest BCUT2D eigenvalue weighted by atomic mass is 10.2. The molecule has 2 nitrogen and oxygen atoms in total. The molecule has 0 saturated heterocycles. The maximum Gasteiger partial charge on any atom is 0.0511 e. The average Bonchev–Trinajstić information content (AvgIpc) is 2.08. The minimum Gasteiger partial charge on any atom is -0.398 e. The first-order valence-corrected chi connectivity index (χ1v) is 6.84. The molecule has 0 saturated carbocycles. The molecule has 1 rings (SSSR count). The summed E-state index contributed by atoms with van der Waals surface area (Å²) in [4.78, 5) is 0. The summed E-state index contributed by atoms with van der Waals surface area (Å²) in [5.74, 6) is 0.516. The van der Waals surface area contributed by atoms with E-state index >= 15 is 0 Å². The van der Waals surface area contributed by atoms with Crippen LogP contribution in [0.25, 0.3) is 0 Å². The molecule has 0 aliphatic heterocycles. The lowest BCUT2D eigenvalue weighted by Gasteiger charge is -2.18. The first-order chi connectivity index (χ1) is 6.80. The molecule has 0 aliphatic carbocycles. The second-order valence-corrected chi connectivity index (χ2v) is 7.57. The topological polar surface area (TPSA) is 43.1 Å². The van der Waals surface area contributed by atoms with Crippen molar-refractivity contribution < 1.29 is 4.21 Å². The number of hydrogen-bond acceptors (Lipinski definition) is 2. The van der Waals surface area contributed by atoms with Crippen LogP contribution in [-0.2, 0) is 16.6 Å². The third-order valence-corrected chi connectivity index (χ3v) is 4.51. The number of benzene rings is 1. The zero-order chi connectivity index (χ0) is 11.6. The van der Waals surface area contributed by atoms with Crippen LogP contribution in [0.5, 0.6) is 0 Å². The van der Waals surface area contributed by atoms with Crippen LogP contribution >= 0.6 is 15.9 Å². The van der Waals surface area contributed by atoms with Gasteiger partial charge >= 0.3 is 0 Å². The quantitative estimate of drug-likeness (QED) is 0.851. The summed E-state index contributed by atoms with van der Waals surface area (Å²) in [5, 5.41) is 0. The molecule has 0 aliphatic rings. The molecule has 0 amide bonds. The maximum atomic E-state index is 11.9. The van der Waals surface area contributed by atoms with Crippen LogP contribution in [0.4, 0.5) is 5.69 Å². The molecule has 0 bridgehead atoms. The molecule has 1 aromatic carbocycles. The average molecular weight is 290 g/mol. The molecular formula is C11H16BrNOS. The Bertz CT molecular complexity index is 385. The van der Waals surface area contributed by atoms with Crippen molar-refractivity contribution in [2.24, 2.45) is 0 Å². The molecule has 84 valence electrons. The Morgan fingerprint density at radius 2 is 2.00 bits per heavy atom. The maximum absolute atomic E-state index is 11.9. The van der Waals surface area contributed by atoms with Gasteiger partial charge in [0.2, 0.25) is 0 Å². The molecule has 4 heteroatoms. The number of rotatable bonds is 2. The predicted molar refractivity (Wildman–Crippen MR) is 70.2 cm³/mol. The predicted octanol–water partition coefficient (Wildman–Crippen LogP) is 3.08. The van der Waals surface area contributed by atoms with Crippen LogP contribution in [0, 0.1) is 0 Å².